The third-order valence-corrected chi connectivity index (χ3v) is 3.07. The molecule has 7 heteroatoms. The van der Waals surface area contributed by atoms with Gasteiger partial charge in [0.2, 0.25) is 5.91 Å². The highest BCUT2D eigenvalue weighted by atomic mass is 35.5. The molecular weight excluding hydrogens is 280 g/mol. The fourth-order valence-corrected chi connectivity index (χ4v) is 1.82. The predicted molar refractivity (Wildman–Crippen MR) is 77.0 cm³/mol. The molecule has 1 aromatic heterocycles. The van der Waals surface area contributed by atoms with E-state index in [1.807, 2.05) is 6.07 Å². The average Bonchev–Trinajstić information content (AvgIpc) is 2.73. The minimum Gasteiger partial charge on any atom is -0.302 e. The van der Waals surface area contributed by atoms with Crippen molar-refractivity contribution in [3.63, 3.8) is 0 Å². The Hall–Kier alpha value is -2.34. The molecule has 20 heavy (non-hydrogen) atoms. The monoisotopic (exact) mass is 292 g/mol. The number of aromatic nitrogens is 2. The molecule has 0 bridgehead atoms. The molecule has 0 saturated carbocycles. The first kappa shape index (κ1) is 14.1. The number of aromatic amines is 2. The number of carbonyl (C=O) groups excluding carboxylic acids is 1. The number of amides is 1. The molecule has 0 radical (unpaired) electrons. The normalized spacial score (nSPS) is 10.9. The van der Waals surface area contributed by atoms with Gasteiger partial charge in [-0.25, -0.2) is 5.43 Å². The SMILES string of the molecule is Cc1[nH][nH]c(=O)c1CC(=O)N/N=C\c1ccccc1Cl. The van der Waals surface area contributed by atoms with Gasteiger partial charge in [0.1, 0.15) is 0 Å². The van der Waals surface area contributed by atoms with Crippen LogP contribution in [0.15, 0.2) is 34.2 Å². The molecule has 1 aromatic carbocycles. The molecule has 0 spiro atoms. The lowest BCUT2D eigenvalue weighted by atomic mass is 10.2. The molecule has 6 nitrogen and oxygen atoms in total. The van der Waals surface area contributed by atoms with Crippen LogP contribution in [0.25, 0.3) is 0 Å². The van der Waals surface area contributed by atoms with Crippen molar-refractivity contribution in [1.29, 1.82) is 0 Å². The summed E-state index contributed by atoms with van der Waals surface area (Å²) in [4.78, 5) is 23.1. The molecule has 2 rings (SSSR count). The number of halogens is 1. The first-order chi connectivity index (χ1) is 9.58. The second kappa shape index (κ2) is 6.21. The van der Waals surface area contributed by atoms with E-state index >= 15 is 0 Å². The number of nitrogens with one attached hydrogen (secondary N) is 3. The number of carbonyl (C=O) groups is 1. The van der Waals surface area contributed by atoms with E-state index in [-0.39, 0.29) is 17.9 Å². The maximum absolute atomic E-state index is 11.7. The third-order valence-electron chi connectivity index (χ3n) is 2.73. The van der Waals surface area contributed by atoms with Crippen molar-refractivity contribution in [3.8, 4) is 0 Å². The van der Waals surface area contributed by atoms with E-state index in [9.17, 15) is 9.59 Å². The fourth-order valence-electron chi connectivity index (χ4n) is 1.64. The molecule has 0 atom stereocenters. The van der Waals surface area contributed by atoms with Crippen LogP contribution in [0.3, 0.4) is 0 Å². The molecule has 0 aliphatic heterocycles. The Morgan fingerprint density at radius 1 is 1.40 bits per heavy atom. The summed E-state index contributed by atoms with van der Waals surface area (Å²) in [7, 11) is 0. The molecule has 0 aliphatic carbocycles. The van der Waals surface area contributed by atoms with Gasteiger partial charge in [0.25, 0.3) is 5.56 Å². The number of hydrogen-bond donors (Lipinski definition) is 3. The van der Waals surface area contributed by atoms with Gasteiger partial charge in [-0.1, -0.05) is 29.8 Å². The zero-order valence-corrected chi connectivity index (χ0v) is 11.5. The summed E-state index contributed by atoms with van der Waals surface area (Å²) in [6.45, 7) is 1.72. The Balaban J connectivity index is 1.96. The molecule has 0 saturated heterocycles. The van der Waals surface area contributed by atoms with Gasteiger partial charge in [-0.15, -0.1) is 0 Å². The van der Waals surface area contributed by atoms with E-state index in [0.29, 0.717) is 21.8 Å². The van der Waals surface area contributed by atoms with Crippen LogP contribution in [0.4, 0.5) is 0 Å². The highest BCUT2D eigenvalue weighted by Crippen LogP contribution is 2.11. The lowest BCUT2D eigenvalue weighted by Gasteiger charge is -1.99. The molecule has 0 unspecified atom stereocenters. The smallest absolute Gasteiger partial charge is 0.267 e. The van der Waals surface area contributed by atoms with Crippen LogP contribution in [0.2, 0.25) is 5.02 Å². The van der Waals surface area contributed by atoms with E-state index < -0.39 is 0 Å². The number of nitrogens with zero attached hydrogens (tertiary/aromatic N) is 1. The van der Waals surface area contributed by atoms with Gasteiger partial charge in [-0.05, 0) is 13.0 Å². The van der Waals surface area contributed by atoms with E-state index in [0.717, 1.165) is 0 Å². The Labute approximate surface area is 119 Å². The van der Waals surface area contributed by atoms with E-state index in [4.69, 9.17) is 11.6 Å². The van der Waals surface area contributed by atoms with Gasteiger partial charge in [0, 0.05) is 21.8 Å². The van der Waals surface area contributed by atoms with Crippen molar-refractivity contribution in [3.05, 3.63) is 56.5 Å². The van der Waals surface area contributed by atoms with Crippen LogP contribution >= 0.6 is 11.6 Å². The molecule has 2 aromatic rings. The van der Waals surface area contributed by atoms with Crippen LogP contribution < -0.4 is 11.0 Å². The molecular formula is C13H13ClN4O2. The first-order valence-electron chi connectivity index (χ1n) is 5.90. The van der Waals surface area contributed by atoms with Crippen molar-refractivity contribution in [2.45, 2.75) is 13.3 Å². The minimum absolute atomic E-state index is 0.0372. The quantitative estimate of drug-likeness (QED) is 0.586. The van der Waals surface area contributed by atoms with Crippen LogP contribution in [-0.2, 0) is 11.2 Å². The Morgan fingerprint density at radius 2 is 2.15 bits per heavy atom. The molecule has 3 N–H and O–H groups in total. The van der Waals surface area contributed by atoms with E-state index in [1.54, 1.807) is 25.1 Å². The second-order valence-electron chi connectivity index (χ2n) is 4.17. The lowest BCUT2D eigenvalue weighted by molar-refractivity contribution is -0.120. The van der Waals surface area contributed by atoms with Gasteiger partial charge in [-0.3, -0.25) is 14.7 Å². The molecule has 104 valence electrons. The Bertz CT molecular complexity index is 702. The Morgan fingerprint density at radius 3 is 2.80 bits per heavy atom. The van der Waals surface area contributed by atoms with Crippen LogP contribution in [-0.4, -0.2) is 22.3 Å². The standard InChI is InChI=1S/C13H13ClN4O2/c1-8-10(13(20)18-16-8)6-12(19)17-15-7-9-4-2-3-5-11(9)14/h2-5,7H,6H2,1H3,(H,17,19)(H2,16,18,20)/b15-7-. The second-order valence-corrected chi connectivity index (χ2v) is 4.58. The fraction of sp³-hybridized carbons (Fsp3) is 0.154. The number of hydrogen-bond acceptors (Lipinski definition) is 3. The number of aryl methyl sites for hydroxylation is 1. The summed E-state index contributed by atoms with van der Waals surface area (Å²) in [6, 6.07) is 7.13. The van der Waals surface area contributed by atoms with Crippen LogP contribution in [0, 0.1) is 6.92 Å². The van der Waals surface area contributed by atoms with Crippen molar-refractivity contribution < 1.29 is 4.79 Å². The summed E-state index contributed by atoms with van der Waals surface area (Å²) in [6.07, 6.45) is 1.42. The summed E-state index contributed by atoms with van der Waals surface area (Å²) < 4.78 is 0. The summed E-state index contributed by atoms with van der Waals surface area (Å²) in [5, 5.41) is 9.43. The number of hydrazone groups is 1. The maximum Gasteiger partial charge on any atom is 0.267 e. The van der Waals surface area contributed by atoms with Gasteiger partial charge in [-0.2, -0.15) is 5.10 Å². The highest BCUT2D eigenvalue weighted by Gasteiger charge is 2.10. The first-order valence-corrected chi connectivity index (χ1v) is 6.28. The van der Waals surface area contributed by atoms with Gasteiger partial charge in [0.15, 0.2) is 0 Å². The number of benzene rings is 1. The van der Waals surface area contributed by atoms with E-state index in [2.05, 4.69) is 20.7 Å². The number of H-pyrrole nitrogens is 2. The van der Waals surface area contributed by atoms with Crippen molar-refractivity contribution in [2.75, 3.05) is 0 Å². The summed E-state index contributed by atoms with van der Waals surface area (Å²) >= 11 is 5.94. The van der Waals surface area contributed by atoms with Crippen LogP contribution in [0.5, 0.6) is 0 Å². The van der Waals surface area contributed by atoms with Crippen molar-refractivity contribution in [1.82, 2.24) is 15.6 Å². The Kier molecular flexibility index (Phi) is 4.37. The largest absolute Gasteiger partial charge is 0.302 e. The molecule has 0 aliphatic rings. The molecule has 1 heterocycles. The van der Waals surface area contributed by atoms with Crippen molar-refractivity contribution >= 4 is 23.7 Å². The van der Waals surface area contributed by atoms with Gasteiger partial charge >= 0.3 is 0 Å². The minimum atomic E-state index is -0.374. The zero-order valence-electron chi connectivity index (χ0n) is 10.7. The molecule has 0 fully saturated rings. The van der Waals surface area contributed by atoms with Crippen LogP contribution in [0.1, 0.15) is 16.8 Å². The average molecular weight is 293 g/mol. The predicted octanol–water partition coefficient (Wildman–Crippen LogP) is 1.36. The highest BCUT2D eigenvalue weighted by molar-refractivity contribution is 6.33. The van der Waals surface area contributed by atoms with Gasteiger partial charge in [0.05, 0.1) is 12.6 Å². The van der Waals surface area contributed by atoms with Gasteiger partial charge < -0.3 is 5.10 Å². The summed E-state index contributed by atoms with van der Waals surface area (Å²) in [5.74, 6) is -0.374. The maximum atomic E-state index is 11.7. The van der Waals surface area contributed by atoms with Crippen molar-refractivity contribution in [2.24, 2.45) is 5.10 Å². The number of rotatable bonds is 4. The lowest BCUT2D eigenvalue weighted by Crippen LogP contribution is -2.23. The van der Waals surface area contributed by atoms with E-state index in [1.165, 1.54) is 6.21 Å². The summed E-state index contributed by atoms with van der Waals surface area (Å²) in [5.41, 5.74) is 3.79. The third kappa shape index (κ3) is 3.36. The molecule has 1 amide bonds. The topological polar surface area (TPSA) is 90.1 Å². The zero-order chi connectivity index (χ0) is 14.5.